The Morgan fingerprint density at radius 3 is 2.36 bits per heavy atom. The molecule has 1 aliphatic carbocycles. The zero-order valence-electron chi connectivity index (χ0n) is 34.4. The third-order valence-electron chi connectivity index (χ3n) is 12.2. The standard InChI is InChI=1S/C45H53ClN10O5/c1-61-39-26-33(14-15-37(39)51-45-47-27-35(46)42(53-45)50-36-9-5-4-8-34(36)43(59)49-31-6-2-3-7-31)55-22-24-56(25-23-55)41(58)28-54-20-18-30(19-21-54)29-10-12-32(13-11-29)48-38-16-17-40(57)52-44(38)60/h4-5,8-15,26-27,30-31,38,48H,2-3,6-7,16-25,28H2,1H3,(H,49,59)(H,52,57,60)(H2,47,50,51,53). The zero-order chi connectivity index (χ0) is 42.3. The molecule has 15 nitrogen and oxygen atoms in total. The minimum Gasteiger partial charge on any atom is -0.494 e. The summed E-state index contributed by atoms with van der Waals surface area (Å²) in [5.41, 5.74) is 4.90. The van der Waals surface area contributed by atoms with Crippen LogP contribution in [0.1, 0.15) is 73.2 Å². The van der Waals surface area contributed by atoms with Gasteiger partial charge in [-0.05, 0) is 93.1 Å². The summed E-state index contributed by atoms with van der Waals surface area (Å²) in [6.45, 7) is 4.81. The molecule has 1 atom stereocenters. The highest BCUT2D eigenvalue weighted by Gasteiger charge is 2.29. The number of carbonyl (C=O) groups is 4. The molecule has 4 aromatic rings. The number of nitrogens with one attached hydrogen (secondary N) is 5. The molecule has 4 fully saturated rings. The van der Waals surface area contributed by atoms with Crippen molar-refractivity contribution in [1.82, 2.24) is 30.4 Å². The SMILES string of the molecule is COc1cc(N2CCN(C(=O)CN3CCC(c4ccc(NC5CCC(=O)NC5=O)cc4)CC3)CC2)ccc1Nc1ncc(Cl)c(Nc2ccccc2C(=O)NC2CCCC2)n1. The van der Waals surface area contributed by atoms with Gasteiger partial charge in [0.25, 0.3) is 5.91 Å². The number of halogens is 1. The predicted octanol–water partition coefficient (Wildman–Crippen LogP) is 6.04. The minimum atomic E-state index is -0.402. The van der Waals surface area contributed by atoms with Crippen LogP contribution in [0.2, 0.25) is 5.02 Å². The summed E-state index contributed by atoms with van der Waals surface area (Å²) < 4.78 is 5.79. The number of amides is 4. The third-order valence-corrected chi connectivity index (χ3v) is 12.5. The van der Waals surface area contributed by atoms with Gasteiger partial charge in [0.15, 0.2) is 5.82 Å². The first-order valence-corrected chi connectivity index (χ1v) is 21.7. The van der Waals surface area contributed by atoms with E-state index in [0.717, 1.165) is 63.0 Å². The average Bonchev–Trinajstić information content (AvgIpc) is 3.80. The minimum absolute atomic E-state index is 0.131. The van der Waals surface area contributed by atoms with Crippen LogP contribution in [0, 0.1) is 0 Å². The van der Waals surface area contributed by atoms with Gasteiger partial charge >= 0.3 is 0 Å². The molecule has 61 heavy (non-hydrogen) atoms. The molecule has 16 heteroatoms. The average molecular weight is 849 g/mol. The van der Waals surface area contributed by atoms with Crippen LogP contribution < -0.4 is 36.2 Å². The van der Waals surface area contributed by atoms with E-state index in [-0.39, 0.29) is 29.7 Å². The predicted molar refractivity (Wildman–Crippen MR) is 236 cm³/mol. The number of likely N-dealkylation sites (tertiary alicyclic amines) is 1. The number of nitrogens with zero attached hydrogens (tertiary/aromatic N) is 5. The number of aromatic nitrogens is 2. The van der Waals surface area contributed by atoms with Gasteiger partial charge in [-0.3, -0.25) is 29.4 Å². The summed E-state index contributed by atoms with van der Waals surface area (Å²) in [5, 5.41) is 15.6. The van der Waals surface area contributed by atoms with E-state index in [0.29, 0.717) is 91.0 Å². The van der Waals surface area contributed by atoms with Gasteiger partial charge in [0.05, 0.1) is 36.8 Å². The van der Waals surface area contributed by atoms with Crippen LogP contribution in [0.15, 0.2) is 72.9 Å². The first-order valence-electron chi connectivity index (χ1n) is 21.3. The van der Waals surface area contributed by atoms with Crippen molar-refractivity contribution < 1.29 is 23.9 Å². The van der Waals surface area contributed by atoms with Crippen LogP contribution in [0.5, 0.6) is 5.75 Å². The fraction of sp³-hybridized carbons (Fsp3) is 0.422. The van der Waals surface area contributed by atoms with Gasteiger partial charge in [-0.1, -0.05) is 48.7 Å². The number of methoxy groups -OCH3 is 1. The molecule has 1 aromatic heterocycles. The van der Waals surface area contributed by atoms with E-state index >= 15 is 0 Å². The van der Waals surface area contributed by atoms with Gasteiger partial charge < -0.3 is 35.8 Å². The van der Waals surface area contributed by atoms with Crippen molar-refractivity contribution in [1.29, 1.82) is 0 Å². The maximum atomic E-state index is 13.4. The first-order chi connectivity index (χ1) is 29.7. The normalized spacial score (nSPS) is 19.0. The maximum absolute atomic E-state index is 13.4. The largest absolute Gasteiger partial charge is 0.494 e. The summed E-state index contributed by atoms with van der Waals surface area (Å²) >= 11 is 6.53. The van der Waals surface area contributed by atoms with Crippen LogP contribution in [0.4, 0.5) is 34.5 Å². The number of ether oxygens (including phenoxy) is 1. The molecule has 3 aliphatic heterocycles. The number of piperazine rings is 1. The number of carbonyl (C=O) groups excluding carboxylic acids is 4. The molecule has 3 saturated heterocycles. The quantitative estimate of drug-likeness (QED) is 0.0990. The van der Waals surface area contributed by atoms with E-state index in [1.54, 1.807) is 13.2 Å². The second-order valence-corrected chi connectivity index (χ2v) is 16.6. The molecule has 0 spiro atoms. The monoisotopic (exact) mass is 848 g/mol. The summed E-state index contributed by atoms with van der Waals surface area (Å²) in [6, 6.07) is 21.2. The number of piperidine rings is 2. The van der Waals surface area contributed by atoms with Crippen molar-refractivity contribution in [2.45, 2.75) is 69.4 Å². The van der Waals surface area contributed by atoms with E-state index in [9.17, 15) is 19.2 Å². The molecule has 5 N–H and O–H groups in total. The number of hydrogen-bond donors (Lipinski definition) is 5. The first kappa shape index (κ1) is 41.8. The Hall–Kier alpha value is -5.93. The third kappa shape index (κ3) is 10.3. The lowest BCUT2D eigenvalue weighted by atomic mass is 9.89. The summed E-state index contributed by atoms with van der Waals surface area (Å²) in [7, 11) is 1.62. The van der Waals surface area contributed by atoms with Crippen LogP contribution >= 0.6 is 11.6 Å². The Bertz CT molecular complexity index is 2220. The Kier molecular flexibility index (Phi) is 13.2. The van der Waals surface area contributed by atoms with Gasteiger partial charge in [0.2, 0.25) is 23.7 Å². The van der Waals surface area contributed by atoms with Gasteiger partial charge in [-0.25, -0.2) is 4.98 Å². The topological polar surface area (TPSA) is 173 Å². The van der Waals surface area contributed by atoms with E-state index < -0.39 is 6.04 Å². The van der Waals surface area contributed by atoms with Gasteiger partial charge in [0.1, 0.15) is 16.8 Å². The molecular weight excluding hydrogens is 796 g/mol. The fourth-order valence-corrected chi connectivity index (χ4v) is 8.82. The lowest BCUT2D eigenvalue weighted by Gasteiger charge is -2.38. The van der Waals surface area contributed by atoms with Crippen LogP contribution in [-0.2, 0) is 14.4 Å². The van der Waals surface area contributed by atoms with Crippen LogP contribution in [0.3, 0.4) is 0 Å². The number of rotatable bonds is 13. The molecule has 3 aromatic carbocycles. The van der Waals surface area contributed by atoms with Crippen molar-refractivity contribution in [3.8, 4) is 5.75 Å². The van der Waals surface area contributed by atoms with Crippen molar-refractivity contribution in [2.24, 2.45) is 0 Å². The Morgan fingerprint density at radius 1 is 0.869 bits per heavy atom. The van der Waals surface area contributed by atoms with E-state index in [1.807, 2.05) is 53.4 Å². The molecule has 4 amide bonds. The van der Waals surface area contributed by atoms with Crippen LogP contribution in [-0.4, -0.2) is 108 Å². The summed E-state index contributed by atoms with van der Waals surface area (Å²) in [5.74, 6) is 1.22. The Balaban J connectivity index is 0.804. The number of para-hydroxylation sites is 1. The summed E-state index contributed by atoms with van der Waals surface area (Å²) in [4.78, 5) is 65.7. The fourth-order valence-electron chi connectivity index (χ4n) is 8.68. The van der Waals surface area contributed by atoms with Crippen molar-refractivity contribution in [3.63, 3.8) is 0 Å². The van der Waals surface area contributed by atoms with Crippen molar-refractivity contribution >= 4 is 69.7 Å². The van der Waals surface area contributed by atoms with E-state index in [4.69, 9.17) is 16.3 Å². The molecule has 1 saturated carbocycles. The lowest BCUT2D eigenvalue weighted by molar-refractivity contribution is -0.134. The molecule has 8 rings (SSSR count). The number of anilines is 6. The van der Waals surface area contributed by atoms with E-state index in [2.05, 4.69) is 58.5 Å². The second-order valence-electron chi connectivity index (χ2n) is 16.2. The molecule has 320 valence electrons. The molecule has 1 unspecified atom stereocenters. The number of imide groups is 1. The maximum Gasteiger partial charge on any atom is 0.253 e. The molecule has 4 heterocycles. The second kappa shape index (κ2) is 19.2. The highest BCUT2D eigenvalue weighted by atomic mass is 35.5. The smallest absolute Gasteiger partial charge is 0.253 e. The van der Waals surface area contributed by atoms with E-state index in [1.165, 1.54) is 11.8 Å². The highest BCUT2D eigenvalue weighted by molar-refractivity contribution is 6.33. The molecule has 0 bridgehead atoms. The molecular formula is C45H53ClN10O5. The van der Waals surface area contributed by atoms with Crippen molar-refractivity contribution in [2.75, 3.05) is 73.8 Å². The zero-order valence-corrected chi connectivity index (χ0v) is 35.2. The lowest BCUT2D eigenvalue weighted by Crippen LogP contribution is -2.51. The van der Waals surface area contributed by atoms with Crippen LogP contribution in [0.25, 0.3) is 0 Å². The Labute approximate surface area is 361 Å². The summed E-state index contributed by atoms with van der Waals surface area (Å²) in [6.07, 6.45) is 8.54. The van der Waals surface area contributed by atoms with Gasteiger partial charge in [-0.15, -0.1) is 0 Å². The Morgan fingerprint density at radius 2 is 1.62 bits per heavy atom. The number of benzene rings is 3. The number of hydrogen-bond acceptors (Lipinski definition) is 12. The highest BCUT2D eigenvalue weighted by Crippen LogP contribution is 2.34. The van der Waals surface area contributed by atoms with Gasteiger partial charge in [-0.2, -0.15) is 4.98 Å². The van der Waals surface area contributed by atoms with Gasteiger partial charge in [0, 0.05) is 56.1 Å². The molecule has 4 aliphatic rings. The molecule has 0 radical (unpaired) electrons. The van der Waals surface area contributed by atoms with Crippen molar-refractivity contribution in [3.05, 3.63) is 89.1 Å².